The molecule has 4 N–H and O–H groups in total. The molecule has 1 heterocycles. The number of ether oxygens (including phenoxy) is 2. The number of hydrogen-bond donors (Lipinski definition) is 3. The summed E-state index contributed by atoms with van der Waals surface area (Å²) < 4.78 is 8.50. The maximum absolute atomic E-state index is 10.1. The van der Waals surface area contributed by atoms with Crippen molar-refractivity contribution in [1.82, 2.24) is 0 Å². The highest BCUT2D eigenvalue weighted by Crippen LogP contribution is 2.17. The zero-order valence-corrected chi connectivity index (χ0v) is 8.37. The Morgan fingerprint density at radius 2 is 2.06 bits per heavy atom. The van der Waals surface area contributed by atoms with E-state index >= 15 is 0 Å². The highest BCUT2D eigenvalue weighted by molar-refractivity contribution is 5.96. The van der Waals surface area contributed by atoms with Gasteiger partial charge < -0.3 is 25.4 Å². The molecule has 0 aliphatic carbocycles. The van der Waals surface area contributed by atoms with Gasteiger partial charge in [0, 0.05) is 0 Å². The van der Waals surface area contributed by atoms with Crippen LogP contribution in [0.15, 0.2) is 11.8 Å². The molecule has 1 aliphatic rings. The Balaban J connectivity index is 0.000000325. The van der Waals surface area contributed by atoms with Crippen LogP contribution in [0.4, 0.5) is 4.79 Å². The van der Waals surface area contributed by atoms with Gasteiger partial charge in [-0.15, -0.1) is 0 Å². The number of carboxylic acid groups (broad SMARTS) is 2. The number of nitrogens with two attached hydrogens (primary N) is 1. The van der Waals surface area contributed by atoms with Gasteiger partial charge in [0.25, 0.3) is 0 Å². The number of amides is 1. The molecule has 8 heteroatoms. The van der Waals surface area contributed by atoms with Crippen molar-refractivity contribution in [2.24, 2.45) is 5.73 Å². The van der Waals surface area contributed by atoms with Gasteiger partial charge in [-0.1, -0.05) is 0 Å². The lowest BCUT2D eigenvalue weighted by atomic mass is 10.1. The summed E-state index contributed by atoms with van der Waals surface area (Å²) in [6, 6.07) is 0. The van der Waals surface area contributed by atoms with Crippen LogP contribution >= 0.6 is 0 Å². The lowest BCUT2D eigenvalue weighted by molar-refractivity contribution is -0.151. The normalized spacial score (nSPS) is 16.6. The summed E-state index contributed by atoms with van der Waals surface area (Å²) in [7, 11) is 0. The van der Waals surface area contributed by atoms with Gasteiger partial charge in [-0.2, -0.15) is 0 Å². The first-order valence-electron chi connectivity index (χ1n) is 4.14. The predicted octanol–water partition coefficient (Wildman–Crippen LogP) is -0.460. The van der Waals surface area contributed by atoms with E-state index in [1.165, 1.54) is 0 Å². The lowest BCUT2D eigenvalue weighted by Gasteiger charge is -2.20. The van der Waals surface area contributed by atoms with E-state index < -0.39 is 24.1 Å². The van der Waals surface area contributed by atoms with Gasteiger partial charge in [0.2, 0.25) is 6.10 Å². The van der Waals surface area contributed by atoms with E-state index in [0.29, 0.717) is 6.61 Å². The first-order valence-corrected chi connectivity index (χ1v) is 4.14. The molecule has 0 bridgehead atoms. The third-order valence-electron chi connectivity index (χ3n) is 1.37. The van der Waals surface area contributed by atoms with Crippen LogP contribution in [-0.4, -0.2) is 41.0 Å². The van der Waals surface area contributed by atoms with Crippen LogP contribution in [0.25, 0.3) is 0 Å². The molecule has 0 spiro atoms. The fourth-order valence-corrected chi connectivity index (χ4v) is 0.700. The van der Waals surface area contributed by atoms with Crippen molar-refractivity contribution in [2.75, 3.05) is 6.61 Å². The highest BCUT2D eigenvalue weighted by Gasteiger charge is 2.35. The maximum atomic E-state index is 10.1. The number of rotatable bonds is 3. The van der Waals surface area contributed by atoms with E-state index in [4.69, 9.17) is 10.2 Å². The number of carboxylic acids is 2. The minimum Gasteiger partial charge on any atom is -0.480 e. The van der Waals surface area contributed by atoms with Crippen molar-refractivity contribution in [1.29, 1.82) is 0 Å². The zero-order valence-electron chi connectivity index (χ0n) is 8.37. The molecule has 0 saturated carbocycles. The first kappa shape index (κ1) is 13.8. The van der Waals surface area contributed by atoms with Crippen molar-refractivity contribution in [3.63, 3.8) is 0 Å². The second-order valence-electron chi connectivity index (χ2n) is 2.48. The Morgan fingerprint density at radius 3 is 2.12 bits per heavy atom. The molecule has 0 aromatic rings. The van der Waals surface area contributed by atoms with Crippen molar-refractivity contribution in [3.05, 3.63) is 11.8 Å². The molecule has 0 aromatic carbocycles. The lowest BCUT2D eigenvalue weighted by Crippen LogP contribution is -2.35. The van der Waals surface area contributed by atoms with Crippen LogP contribution in [0.2, 0.25) is 0 Å². The van der Waals surface area contributed by atoms with Crippen LogP contribution in [0.3, 0.4) is 0 Å². The summed E-state index contributed by atoms with van der Waals surface area (Å²) in [6.07, 6.45) is -1.07. The number of carbonyl (C=O) groups is 3. The number of carbonyl (C=O) groups excluding carboxylic acids is 1. The smallest absolute Gasteiger partial charge is 0.404 e. The first-order chi connectivity index (χ1) is 7.40. The van der Waals surface area contributed by atoms with Crippen LogP contribution in [0, 0.1) is 0 Å². The average Bonchev–Trinajstić information content (AvgIpc) is 1.99. The Kier molecular flexibility index (Phi) is 5.39. The Morgan fingerprint density at radius 1 is 1.50 bits per heavy atom. The van der Waals surface area contributed by atoms with Crippen molar-refractivity contribution < 1.29 is 34.1 Å². The third-order valence-corrected chi connectivity index (χ3v) is 1.37. The summed E-state index contributed by atoms with van der Waals surface area (Å²) in [5.41, 5.74) is 4.33. The van der Waals surface area contributed by atoms with Crippen LogP contribution < -0.4 is 5.73 Å². The molecule has 1 rings (SSSR count). The largest absolute Gasteiger partial charge is 0.480 e. The molecular weight excluding hydrogens is 222 g/mol. The molecule has 0 aromatic heterocycles. The zero-order chi connectivity index (χ0) is 12.7. The predicted molar refractivity (Wildman–Crippen MR) is 49.4 cm³/mol. The van der Waals surface area contributed by atoms with Crippen molar-refractivity contribution >= 4 is 18.0 Å². The summed E-state index contributed by atoms with van der Waals surface area (Å²) in [5, 5.41) is 16.5. The SMILES string of the molecule is CCOC(N)=O.O=C(O)C1=COC1C(=O)O. The molecule has 1 atom stereocenters. The molecule has 0 saturated heterocycles. The fraction of sp³-hybridized carbons (Fsp3) is 0.375. The summed E-state index contributed by atoms with van der Waals surface area (Å²) in [4.78, 5) is 29.8. The second-order valence-corrected chi connectivity index (χ2v) is 2.48. The monoisotopic (exact) mass is 233 g/mol. The molecule has 0 radical (unpaired) electrons. The van der Waals surface area contributed by atoms with Gasteiger partial charge in [-0.05, 0) is 6.92 Å². The van der Waals surface area contributed by atoms with E-state index in [2.05, 4.69) is 15.2 Å². The van der Waals surface area contributed by atoms with Crippen LogP contribution in [-0.2, 0) is 19.1 Å². The Bertz CT molecular complexity index is 322. The van der Waals surface area contributed by atoms with Crippen molar-refractivity contribution in [2.45, 2.75) is 13.0 Å². The van der Waals surface area contributed by atoms with E-state index in [0.717, 1.165) is 6.26 Å². The van der Waals surface area contributed by atoms with Gasteiger partial charge in [0.05, 0.1) is 12.9 Å². The van der Waals surface area contributed by atoms with Crippen molar-refractivity contribution in [3.8, 4) is 0 Å². The average molecular weight is 233 g/mol. The van der Waals surface area contributed by atoms with E-state index in [1.54, 1.807) is 6.92 Å². The molecule has 1 amide bonds. The van der Waals surface area contributed by atoms with Crippen LogP contribution in [0.5, 0.6) is 0 Å². The molecule has 1 aliphatic heterocycles. The highest BCUT2D eigenvalue weighted by atomic mass is 16.5. The Hall–Kier alpha value is -2.25. The summed E-state index contributed by atoms with van der Waals surface area (Å²) in [5.74, 6) is -2.53. The number of aliphatic carboxylic acids is 2. The van der Waals surface area contributed by atoms with E-state index in [-0.39, 0.29) is 5.57 Å². The van der Waals surface area contributed by atoms with Gasteiger partial charge in [-0.25, -0.2) is 14.4 Å². The van der Waals surface area contributed by atoms with E-state index in [1.807, 2.05) is 0 Å². The summed E-state index contributed by atoms with van der Waals surface area (Å²) >= 11 is 0. The number of primary amides is 1. The number of hydrogen-bond acceptors (Lipinski definition) is 5. The van der Waals surface area contributed by atoms with Gasteiger partial charge in [-0.3, -0.25) is 0 Å². The van der Waals surface area contributed by atoms with Gasteiger partial charge in [0.15, 0.2) is 0 Å². The quantitative estimate of drug-likeness (QED) is 0.599. The van der Waals surface area contributed by atoms with Crippen LogP contribution in [0.1, 0.15) is 6.92 Å². The fourth-order valence-electron chi connectivity index (χ4n) is 0.700. The van der Waals surface area contributed by atoms with E-state index in [9.17, 15) is 14.4 Å². The minimum atomic E-state index is -1.28. The molecule has 90 valence electrons. The minimum absolute atomic E-state index is 0.215. The molecule has 16 heavy (non-hydrogen) atoms. The summed E-state index contributed by atoms with van der Waals surface area (Å²) in [6.45, 7) is 2.06. The molecule has 1 unspecified atom stereocenters. The Labute approximate surface area is 90.2 Å². The third kappa shape index (κ3) is 4.31. The molecule has 0 fully saturated rings. The molecule has 8 nitrogen and oxygen atoms in total. The molecular formula is C8H11NO7. The van der Waals surface area contributed by atoms with Gasteiger partial charge in [0.1, 0.15) is 5.57 Å². The maximum Gasteiger partial charge on any atom is 0.404 e. The second kappa shape index (κ2) is 6.27. The standard InChI is InChI=1S/C5H4O5.C3H7NO2/c6-4(7)2-1-10-3(2)5(8)9;1-2-6-3(4)5/h1,3H,(H,6,7)(H,8,9);2H2,1H3,(H2,4,5). The van der Waals surface area contributed by atoms with Gasteiger partial charge >= 0.3 is 18.0 Å². The topological polar surface area (TPSA) is 136 Å².